The number of fused-ring (bicyclic) bond motifs is 4. The van der Waals surface area contributed by atoms with E-state index in [4.69, 9.17) is 0 Å². The van der Waals surface area contributed by atoms with Crippen LogP contribution in [0.15, 0.2) is 47.4 Å². The second-order valence-corrected chi connectivity index (χ2v) is 8.48. The number of nitrogens with zero attached hydrogens (tertiary/aromatic N) is 4. The summed E-state index contributed by atoms with van der Waals surface area (Å²) in [5.41, 5.74) is 2.18. The molecule has 4 rings (SSSR count). The predicted octanol–water partition coefficient (Wildman–Crippen LogP) is 1.08. The molecule has 0 unspecified atom stereocenters. The van der Waals surface area contributed by atoms with E-state index in [2.05, 4.69) is 27.3 Å². The van der Waals surface area contributed by atoms with E-state index >= 15 is 0 Å². The standard InChI is InChI=1S/C22H29N5O2/c1-25(2)15-21(28)24-11-20-17-10-16(19-7-5-8-22(29)27(19)20)12-26(13-17)14-18-6-3-4-9-23-18/h3-9,16-17,20H,10-15H2,1-2H3,(H,24,28)/t16-,17+,20+/m1/s1. The monoisotopic (exact) mass is 395 g/mol. The Balaban J connectivity index is 1.56. The predicted molar refractivity (Wildman–Crippen MR) is 112 cm³/mol. The van der Waals surface area contributed by atoms with Crippen LogP contribution < -0.4 is 10.9 Å². The van der Waals surface area contributed by atoms with E-state index < -0.39 is 0 Å². The highest BCUT2D eigenvalue weighted by Crippen LogP contribution is 2.41. The molecule has 0 aromatic carbocycles. The highest BCUT2D eigenvalue weighted by molar-refractivity contribution is 5.77. The summed E-state index contributed by atoms with van der Waals surface area (Å²) in [6.07, 6.45) is 2.88. The Bertz CT molecular complexity index is 911. The van der Waals surface area contributed by atoms with E-state index in [-0.39, 0.29) is 17.5 Å². The Morgan fingerprint density at radius 3 is 2.83 bits per heavy atom. The Morgan fingerprint density at radius 1 is 1.21 bits per heavy atom. The lowest BCUT2D eigenvalue weighted by Crippen LogP contribution is -2.52. The van der Waals surface area contributed by atoms with Gasteiger partial charge in [-0.2, -0.15) is 0 Å². The Kier molecular flexibility index (Phi) is 5.78. The van der Waals surface area contributed by atoms with Crippen LogP contribution in [0.3, 0.4) is 0 Å². The van der Waals surface area contributed by atoms with E-state index in [0.29, 0.717) is 24.9 Å². The van der Waals surface area contributed by atoms with Gasteiger partial charge in [-0.3, -0.25) is 19.5 Å². The number of carbonyl (C=O) groups is 1. The van der Waals surface area contributed by atoms with Gasteiger partial charge in [0.1, 0.15) is 0 Å². The maximum absolute atomic E-state index is 12.7. The Labute approximate surface area is 171 Å². The van der Waals surface area contributed by atoms with Crippen molar-refractivity contribution < 1.29 is 4.79 Å². The molecule has 1 saturated heterocycles. The van der Waals surface area contributed by atoms with E-state index in [1.165, 1.54) is 0 Å². The summed E-state index contributed by atoms with van der Waals surface area (Å²) >= 11 is 0. The van der Waals surface area contributed by atoms with E-state index in [0.717, 1.165) is 37.4 Å². The average Bonchev–Trinajstić information content (AvgIpc) is 2.68. The quantitative estimate of drug-likeness (QED) is 0.793. The fourth-order valence-electron chi connectivity index (χ4n) is 4.81. The molecule has 0 aliphatic carbocycles. The third kappa shape index (κ3) is 4.41. The fourth-order valence-corrected chi connectivity index (χ4v) is 4.81. The first kappa shape index (κ1) is 19.8. The van der Waals surface area contributed by atoms with Crippen molar-refractivity contribution in [3.63, 3.8) is 0 Å². The first-order valence-electron chi connectivity index (χ1n) is 10.3. The lowest BCUT2D eigenvalue weighted by atomic mass is 9.78. The number of carbonyl (C=O) groups excluding carboxylic acids is 1. The van der Waals surface area contributed by atoms with Gasteiger partial charge in [0.2, 0.25) is 5.91 Å². The molecule has 0 spiro atoms. The SMILES string of the molecule is CN(C)CC(=O)NC[C@H]1[C@H]2C[C@H](CN(Cc3ccccn3)C2)c2cccc(=O)n21. The maximum atomic E-state index is 12.7. The number of amides is 1. The molecular weight excluding hydrogens is 366 g/mol. The lowest BCUT2D eigenvalue weighted by molar-refractivity contribution is -0.122. The summed E-state index contributed by atoms with van der Waals surface area (Å²) < 4.78 is 1.94. The summed E-state index contributed by atoms with van der Waals surface area (Å²) in [6.45, 7) is 3.48. The molecule has 2 aromatic heterocycles. The van der Waals surface area contributed by atoms with Gasteiger partial charge in [0, 0.05) is 50.1 Å². The molecule has 1 amide bonds. The number of pyridine rings is 2. The molecule has 2 aromatic rings. The third-order valence-corrected chi connectivity index (χ3v) is 5.95. The summed E-state index contributed by atoms with van der Waals surface area (Å²) in [7, 11) is 3.75. The van der Waals surface area contributed by atoms with Crippen molar-refractivity contribution in [3.8, 4) is 0 Å². The van der Waals surface area contributed by atoms with Gasteiger partial charge in [-0.25, -0.2) is 0 Å². The van der Waals surface area contributed by atoms with Gasteiger partial charge in [0.25, 0.3) is 5.56 Å². The lowest BCUT2D eigenvalue weighted by Gasteiger charge is -2.47. The van der Waals surface area contributed by atoms with Gasteiger partial charge in [0.05, 0.1) is 18.3 Å². The zero-order chi connectivity index (χ0) is 20.4. The number of rotatable bonds is 6. The smallest absolute Gasteiger partial charge is 0.251 e. The zero-order valence-corrected chi connectivity index (χ0v) is 17.1. The van der Waals surface area contributed by atoms with Crippen LogP contribution in [-0.2, 0) is 11.3 Å². The van der Waals surface area contributed by atoms with Gasteiger partial charge in [-0.05, 0) is 44.6 Å². The second-order valence-electron chi connectivity index (χ2n) is 8.48. The largest absolute Gasteiger partial charge is 0.353 e. The number of nitrogens with one attached hydrogen (secondary N) is 1. The van der Waals surface area contributed by atoms with Gasteiger partial charge in [0.15, 0.2) is 0 Å². The van der Waals surface area contributed by atoms with Crippen molar-refractivity contribution in [2.24, 2.45) is 5.92 Å². The number of hydrogen-bond donors (Lipinski definition) is 1. The zero-order valence-electron chi connectivity index (χ0n) is 17.1. The van der Waals surface area contributed by atoms with E-state index in [9.17, 15) is 9.59 Å². The average molecular weight is 396 g/mol. The molecule has 4 heterocycles. The third-order valence-electron chi connectivity index (χ3n) is 5.95. The van der Waals surface area contributed by atoms with E-state index in [1.54, 1.807) is 6.07 Å². The number of piperidine rings is 1. The second kappa shape index (κ2) is 8.47. The van der Waals surface area contributed by atoms with Gasteiger partial charge < -0.3 is 14.8 Å². The van der Waals surface area contributed by atoms with Crippen LogP contribution in [-0.4, -0.2) is 65.5 Å². The van der Waals surface area contributed by atoms with Crippen LogP contribution >= 0.6 is 0 Å². The van der Waals surface area contributed by atoms with Crippen molar-refractivity contribution >= 4 is 5.91 Å². The normalized spacial score (nSPS) is 23.6. The van der Waals surface area contributed by atoms with Crippen LogP contribution in [0.5, 0.6) is 0 Å². The number of likely N-dealkylation sites (N-methyl/N-ethyl adjacent to an activating group) is 1. The topological polar surface area (TPSA) is 70.5 Å². The molecule has 1 fully saturated rings. The number of aromatic nitrogens is 2. The molecule has 0 radical (unpaired) electrons. The van der Waals surface area contributed by atoms with Gasteiger partial charge in [-0.15, -0.1) is 0 Å². The minimum atomic E-state index is -0.0207. The molecule has 2 aliphatic rings. The molecule has 2 bridgehead atoms. The molecule has 7 heteroatoms. The van der Waals surface area contributed by atoms with Gasteiger partial charge >= 0.3 is 0 Å². The first-order chi connectivity index (χ1) is 14.0. The van der Waals surface area contributed by atoms with Crippen LogP contribution in [0.1, 0.15) is 29.8 Å². The molecule has 0 saturated carbocycles. The molecule has 2 aliphatic heterocycles. The van der Waals surface area contributed by atoms with Crippen molar-refractivity contribution in [3.05, 3.63) is 64.3 Å². The Morgan fingerprint density at radius 2 is 2.07 bits per heavy atom. The first-order valence-corrected chi connectivity index (χ1v) is 10.3. The van der Waals surface area contributed by atoms with Crippen molar-refractivity contribution in [2.75, 3.05) is 40.3 Å². The molecular formula is C22H29N5O2. The minimum Gasteiger partial charge on any atom is -0.353 e. The fraction of sp³-hybridized carbons (Fsp3) is 0.500. The summed E-state index contributed by atoms with van der Waals surface area (Å²) in [5.74, 6) is 0.647. The van der Waals surface area contributed by atoms with Crippen LogP contribution in [0.25, 0.3) is 0 Å². The van der Waals surface area contributed by atoms with E-state index in [1.807, 2.05) is 48.0 Å². The molecule has 154 valence electrons. The molecule has 29 heavy (non-hydrogen) atoms. The van der Waals surface area contributed by atoms with Crippen LogP contribution in [0, 0.1) is 5.92 Å². The number of likely N-dealkylation sites (tertiary alicyclic amines) is 1. The summed E-state index contributed by atoms with van der Waals surface area (Å²) in [6, 6.07) is 11.5. The minimum absolute atomic E-state index is 0.0104. The maximum Gasteiger partial charge on any atom is 0.251 e. The van der Waals surface area contributed by atoms with Crippen LogP contribution in [0.2, 0.25) is 0 Å². The summed E-state index contributed by atoms with van der Waals surface area (Å²) in [4.78, 5) is 33.7. The molecule has 1 N–H and O–H groups in total. The highest BCUT2D eigenvalue weighted by Gasteiger charge is 2.40. The summed E-state index contributed by atoms with van der Waals surface area (Å²) in [5, 5.41) is 3.05. The van der Waals surface area contributed by atoms with Gasteiger partial charge in [-0.1, -0.05) is 12.1 Å². The highest BCUT2D eigenvalue weighted by atomic mass is 16.2. The van der Waals surface area contributed by atoms with Crippen molar-refractivity contribution in [1.29, 1.82) is 0 Å². The molecule has 3 atom stereocenters. The van der Waals surface area contributed by atoms with Crippen LogP contribution in [0.4, 0.5) is 0 Å². The van der Waals surface area contributed by atoms with Crippen molar-refractivity contribution in [1.82, 2.24) is 24.7 Å². The Hall–Kier alpha value is -2.51. The molecule has 7 nitrogen and oxygen atoms in total. The van der Waals surface area contributed by atoms with Crippen molar-refractivity contribution in [2.45, 2.75) is 24.9 Å². The number of hydrogen-bond acceptors (Lipinski definition) is 5.